The SMILES string of the molecule is COc1cc(Cl)c(C)cc1N/C=C(/C#N)C(=O)Nc1ccc(O)cc1C. The normalized spacial score (nSPS) is 10.8. The zero-order valence-corrected chi connectivity index (χ0v) is 15.3. The number of carbonyl (C=O) groups is 1. The molecule has 0 unspecified atom stereocenters. The van der Waals surface area contributed by atoms with Crippen LogP contribution in [0.1, 0.15) is 11.1 Å². The number of anilines is 2. The molecule has 0 bridgehead atoms. The summed E-state index contributed by atoms with van der Waals surface area (Å²) in [5.41, 5.74) is 2.47. The van der Waals surface area contributed by atoms with Crippen LogP contribution in [0.15, 0.2) is 42.1 Å². The van der Waals surface area contributed by atoms with Gasteiger partial charge in [0.05, 0.1) is 12.8 Å². The van der Waals surface area contributed by atoms with Gasteiger partial charge in [0.15, 0.2) is 0 Å². The lowest BCUT2D eigenvalue weighted by Gasteiger charge is -2.11. The number of halogens is 1. The first-order valence-electron chi connectivity index (χ1n) is 7.67. The average Bonchev–Trinajstić information content (AvgIpc) is 2.60. The third-order valence-electron chi connectivity index (χ3n) is 3.68. The van der Waals surface area contributed by atoms with Gasteiger partial charge in [-0.1, -0.05) is 11.6 Å². The second kappa shape index (κ2) is 8.28. The molecule has 2 aromatic carbocycles. The number of phenolic OH excluding ortho intramolecular Hbond substituents is 1. The minimum Gasteiger partial charge on any atom is -0.508 e. The predicted octanol–water partition coefficient (Wildman–Crippen LogP) is 4.13. The number of nitrogens with zero attached hydrogens (tertiary/aromatic N) is 1. The summed E-state index contributed by atoms with van der Waals surface area (Å²) in [6.45, 7) is 3.58. The molecule has 7 heteroatoms. The van der Waals surface area contributed by atoms with Gasteiger partial charge in [-0.3, -0.25) is 4.79 Å². The first-order chi connectivity index (χ1) is 12.3. The van der Waals surface area contributed by atoms with Crippen LogP contribution < -0.4 is 15.4 Å². The Morgan fingerprint density at radius 3 is 2.58 bits per heavy atom. The van der Waals surface area contributed by atoms with E-state index in [-0.39, 0.29) is 11.3 Å². The topological polar surface area (TPSA) is 94.4 Å². The summed E-state index contributed by atoms with van der Waals surface area (Å²) in [6.07, 6.45) is 1.30. The van der Waals surface area contributed by atoms with Gasteiger partial charge >= 0.3 is 0 Å². The lowest BCUT2D eigenvalue weighted by atomic mass is 10.1. The van der Waals surface area contributed by atoms with Gasteiger partial charge in [0.2, 0.25) is 0 Å². The maximum atomic E-state index is 12.3. The van der Waals surface area contributed by atoms with Crippen molar-refractivity contribution in [1.82, 2.24) is 0 Å². The number of aromatic hydroxyl groups is 1. The fraction of sp³-hybridized carbons (Fsp3) is 0.158. The summed E-state index contributed by atoms with van der Waals surface area (Å²) >= 11 is 6.06. The summed E-state index contributed by atoms with van der Waals surface area (Å²) in [7, 11) is 1.50. The van der Waals surface area contributed by atoms with Crippen LogP contribution in [0, 0.1) is 25.2 Å². The molecule has 0 spiro atoms. The quantitative estimate of drug-likeness (QED) is 0.417. The third-order valence-corrected chi connectivity index (χ3v) is 4.08. The average molecular weight is 372 g/mol. The molecule has 0 radical (unpaired) electrons. The minimum atomic E-state index is -0.571. The highest BCUT2D eigenvalue weighted by Crippen LogP contribution is 2.31. The van der Waals surface area contributed by atoms with Crippen LogP contribution in [0.4, 0.5) is 11.4 Å². The van der Waals surface area contributed by atoms with Crippen LogP contribution in [0.2, 0.25) is 5.02 Å². The molecular weight excluding hydrogens is 354 g/mol. The lowest BCUT2D eigenvalue weighted by Crippen LogP contribution is -2.15. The van der Waals surface area contributed by atoms with Crippen molar-refractivity contribution < 1.29 is 14.6 Å². The lowest BCUT2D eigenvalue weighted by molar-refractivity contribution is -0.112. The van der Waals surface area contributed by atoms with E-state index in [1.807, 2.05) is 13.0 Å². The van der Waals surface area contributed by atoms with Crippen LogP contribution in [-0.2, 0) is 4.79 Å². The van der Waals surface area contributed by atoms with E-state index in [1.165, 1.54) is 25.4 Å². The van der Waals surface area contributed by atoms with Gasteiger partial charge in [-0.25, -0.2) is 0 Å². The molecule has 26 heavy (non-hydrogen) atoms. The molecule has 0 heterocycles. The molecule has 6 nitrogen and oxygen atoms in total. The third kappa shape index (κ3) is 4.47. The van der Waals surface area contributed by atoms with Gasteiger partial charge in [-0.05, 0) is 49.2 Å². The van der Waals surface area contributed by atoms with Gasteiger partial charge in [0.25, 0.3) is 5.91 Å². The number of nitriles is 1. The second-order valence-electron chi connectivity index (χ2n) is 5.57. The van der Waals surface area contributed by atoms with Crippen molar-refractivity contribution in [2.45, 2.75) is 13.8 Å². The number of methoxy groups -OCH3 is 1. The summed E-state index contributed by atoms with van der Waals surface area (Å²) in [6, 6.07) is 9.81. The zero-order valence-electron chi connectivity index (χ0n) is 14.6. The van der Waals surface area contributed by atoms with Gasteiger partial charge in [-0.2, -0.15) is 5.26 Å². The van der Waals surface area contributed by atoms with Crippen molar-refractivity contribution in [2.24, 2.45) is 0 Å². The van der Waals surface area contributed by atoms with Crippen molar-refractivity contribution in [3.8, 4) is 17.6 Å². The molecule has 0 aliphatic rings. The van der Waals surface area contributed by atoms with E-state index < -0.39 is 5.91 Å². The Hall–Kier alpha value is -3.17. The standard InChI is InChI=1S/C19H18ClN3O3/c1-11-7-17(18(26-3)8-15(11)20)22-10-13(9-21)19(25)23-16-5-4-14(24)6-12(16)2/h4-8,10,22,24H,1-3H3,(H,23,25)/b13-10-. The van der Waals surface area contributed by atoms with E-state index >= 15 is 0 Å². The molecule has 2 rings (SSSR count). The monoisotopic (exact) mass is 371 g/mol. The number of nitrogens with one attached hydrogen (secondary N) is 2. The smallest absolute Gasteiger partial charge is 0.267 e. The largest absolute Gasteiger partial charge is 0.508 e. The van der Waals surface area contributed by atoms with Crippen molar-refractivity contribution in [2.75, 3.05) is 17.7 Å². The molecule has 0 fully saturated rings. The van der Waals surface area contributed by atoms with Crippen LogP contribution in [0.3, 0.4) is 0 Å². The second-order valence-corrected chi connectivity index (χ2v) is 5.98. The zero-order chi connectivity index (χ0) is 19.3. The summed E-state index contributed by atoms with van der Waals surface area (Å²) in [5.74, 6) is 0.0192. The molecule has 0 saturated carbocycles. The Morgan fingerprint density at radius 2 is 1.96 bits per heavy atom. The van der Waals surface area contributed by atoms with E-state index in [0.717, 1.165) is 5.56 Å². The maximum absolute atomic E-state index is 12.3. The fourth-order valence-corrected chi connectivity index (χ4v) is 2.37. The number of ether oxygens (including phenoxy) is 1. The van der Waals surface area contributed by atoms with E-state index in [0.29, 0.717) is 27.7 Å². The Bertz CT molecular complexity index is 917. The molecule has 0 aromatic heterocycles. The van der Waals surface area contributed by atoms with Crippen LogP contribution in [0.5, 0.6) is 11.5 Å². The molecular formula is C19H18ClN3O3. The van der Waals surface area contributed by atoms with Crippen LogP contribution in [0.25, 0.3) is 0 Å². The molecule has 2 aromatic rings. The Morgan fingerprint density at radius 1 is 1.23 bits per heavy atom. The van der Waals surface area contributed by atoms with Crippen molar-refractivity contribution >= 4 is 28.9 Å². The predicted molar refractivity (Wildman–Crippen MR) is 102 cm³/mol. The number of carbonyl (C=O) groups excluding carboxylic acids is 1. The molecule has 3 N–H and O–H groups in total. The van der Waals surface area contributed by atoms with Gasteiger partial charge in [0, 0.05) is 23.0 Å². The minimum absolute atomic E-state index is 0.100. The van der Waals surface area contributed by atoms with Gasteiger partial charge in [-0.15, -0.1) is 0 Å². The van der Waals surface area contributed by atoms with E-state index in [1.54, 1.807) is 25.1 Å². The number of rotatable bonds is 5. The van der Waals surface area contributed by atoms with Gasteiger partial charge < -0.3 is 20.5 Å². The number of phenols is 1. The molecule has 0 aliphatic heterocycles. The van der Waals surface area contributed by atoms with Crippen LogP contribution in [-0.4, -0.2) is 18.1 Å². The Labute approximate surface area is 156 Å². The number of aryl methyl sites for hydroxylation is 2. The molecule has 134 valence electrons. The Kier molecular flexibility index (Phi) is 6.10. The number of hydrogen-bond donors (Lipinski definition) is 3. The summed E-state index contributed by atoms with van der Waals surface area (Å²) in [4.78, 5) is 12.3. The first kappa shape index (κ1) is 19.2. The number of hydrogen-bond acceptors (Lipinski definition) is 5. The van der Waals surface area contributed by atoms with E-state index in [2.05, 4.69) is 10.6 Å². The molecule has 0 atom stereocenters. The highest BCUT2D eigenvalue weighted by atomic mass is 35.5. The molecule has 0 saturated heterocycles. The van der Waals surface area contributed by atoms with Gasteiger partial charge in [0.1, 0.15) is 23.1 Å². The number of amides is 1. The first-order valence-corrected chi connectivity index (χ1v) is 8.05. The van der Waals surface area contributed by atoms with Crippen LogP contribution >= 0.6 is 11.6 Å². The summed E-state index contributed by atoms with van der Waals surface area (Å²) < 4.78 is 5.25. The van der Waals surface area contributed by atoms with Crippen molar-refractivity contribution in [1.29, 1.82) is 5.26 Å². The highest BCUT2D eigenvalue weighted by Gasteiger charge is 2.12. The van der Waals surface area contributed by atoms with E-state index in [9.17, 15) is 15.2 Å². The Balaban J connectivity index is 2.21. The molecule has 0 aliphatic carbocycles. The summed E-state index contributed by atoms with van der Waals surface area (Å²) in [5, 5.41) is 24.8. The van der Waals surface area contributed by atoms with E-state index in [4.69, 9.17) is 16.3 Å². The number of benzene rings is 2. The maximum Gasteiger partial charge on any atom is 0.267 e. The highest BCUT2D eigenvalue weighted by molar-refractivity contribution is 6.31. The van der Waals surface area contributed by atoms with Crippen molar-refractivity contribution in [3.63, 3.8) is 0 Å². The molecule has 1 amide bonds. The van der Waals surface area contributed by atoms with Crippen molar-refractivity contribution in [3.05, 3.63) is 58.3 Å². The fourth-order valence-electron chi connectivity index (χ4n) is 2.22.